The van der Waals surface area contributed by atoms with Crippen LogP contribution in [0.5, 0.6) is 0 Å². The van der Waals surface area contributed by atoms with Gasteiger partial charge in [0.25, 0.3) is 0 Å². The van der Waals surface area contributed by atoms with Gasteiger partial charge in [-0.1, -0.05) is 0 Å². The molecule has 1 N–H and O–H groups in total. The number of aromatic nitrogens is 2. The Bertz CT molecular complexity index is 451. The van der Waals surface area contributed by atoms with E-state index < -0.39 is 4.92 Å². The Balaban J connectivity index is 2.19. The number of nitrogens with one attached hydrogen (secondary N) is 1. The summed E-state index contributed by atoms with van der Waals surface area (Å²) in [5.41, 5.74) is 0. The summed E-state index contributed by atoms with van der Waals surface area (Å²) < 4.78 is 7.05. The topological polar surface area (TPSA) is 82.2 Å². The lowest BCUT2D eigenvalue weighted by atomic mass is 10.0. The van der Waals surface area contributed by atoms with E-state index in [-0.39, 0.29) is 11.9 Å². The molecule has 0 spiro atoms. The van der Waals surface area contributed by atoms with Gasteiger partial charge in [0.2, 0.25) is 11.6 Å². The van der Waals surface area contributed by atoms with Crippen molar-refractivity contribution >= 4 is 11.6 Å². The van der Waals surface area contributed by atoms with Crippen LogP contribution >= 0.6 is 0 Å². The standard InChI is InChI=1S/C11H18N4O3/c1-7(9-4-5-18-6-9)12-10-11(15(16)17)13-8(2)14(10)3/h7,9,12H,4-6H2,1-3H3. The number of nitrogens with zero attached hydrogens (tertiary/aromatic N) is 3. The molecule has 100 valence electrons. The van der Waals surface area contributed by atoms with E-state index in [4.69, 9.17) is 4.74 Å². The summed E-state index contributed by atoms with van der Waals surface area (Å²) in [4.78, 5) is 14.5. The van der Waals surface area contributed by atoms with Gasteiger partial charge in [-0.15, -0.1) is 0 Å². The lowest BCUT2D eigenvalue weighted by molar-refractivity contribution is -0.388. The van der Waals surface area contributed by atoms with Gasteiger partial charge in [-0.3, -0.25) is 4.57 Å². The largest absolute Gasteiger partial charge is 0.406 e. The van der Waals surface area contributed by atoms with E-state index in [1.54, 1.807) is 18.5 Å². The van der Waals surface area contributed by atoms with E-state index in [2.05, 4.69) is 10.3 Å². The summed E-state index contributed by atoms with van der Waals surface area (Å²) in [7, 11) is 1.77. The van der Waals surface area contributed by atoms with Gasteiger partial charge in [-0.25, -0.2) is 0 Å². The average Bonchev–Trinajstić information content (AvgIpc) is 2.92. The third-order valence-corrected chi connectivity index (χ3v) is 3.51. The zero-order valence-electron chi connectivity index (χ0n) is 10.8. The number of hydrogen-bond acceptors (Lipinski definition) is 5. The number of nitro groups is 1. The molecule has 0 bridgehead atoms. The van der Waals surface area contributed by atoms with Crippen molar-refractivity contribution in [2.75, 3.05) is 18.5 Å². The van der Waals surface area contributed by atoms with Crippen molar-refractivity contribution in [2.45, 2.75) is 26.3 Å². The monoisotopic (exact) mass is 254 g/mol. The molecule has 7 heteroatoms. The summed E-state index contributed by atoms with van der Waals surface area (Å²) in [5, 5.41) is 14.2. The minimum absolute atomic E-state index is 0.110. The Hall–Kier alpha value is -1.63. The Morgan fingerprint density at radius 1 is 1.67 bits per heavy atom. The lowest BCUT2D eigenvalue weighted by Gasteiger charge is -2.19. The van der Waals surface area contributed by atoms with Crippen LogP contribution in [0.25, 0.3) is 0 Å². The van der Waals surface area contributed by atoms with Crippen molar-refractivity contribution in [1.29, 1.82) is 0 Å². The Labute approximate surface area is 105 Å². The zero-order chi connectivity index (χ0) is 13.3. The smallest absolute Gasteiger partial charge is 0.381 e. The molecule has 0 aromatic carbocycles. The van der Waals surface area contributed by atoms with E-state index in [0.29, 0.717) is 24.2 Å². The molecule has 1 saturated heterocycles. The maximum absolute atomic E-state index is 11.0. The second-order valence-electron chi connectivity index (χ2n) is 4.70. The molecule has 1 fully saturated rings. The summed E-state index contributed by atoms with van der Waals surface area (Å²) in [5.74, 6) is 1.37. The van der Waals surface area contributed by atoms with Crippen LogP contribution in [-0.2, 0) is 11.8 Å². The van der Waals surface area contributed by atoms with Crippen LogP contribution in [0.4, 0.5) is 11.6 Å². The fourth-order valence-corrected chi connectivity index (χ4v) is 2.16. The number of imidazole rings is 1. The van der Waals surface area contributed by atoms with Crippen LogP contribution in [-0.4, -0.2) is 33.7 Å². The fourth-order valence-electron chi connectivity index (χ4n) is 2.16. The van der Waals surface area contributed by atoms with Gasteiger partial charge < -0.3 is 20.2 Å². The summed E-state index contributed by atoms with van der Waals surface area (Å²) in [6.45, 7) is 5.24. The molecule has 0 amide bonds. The van der Waals surface area contributed by atoms with Crippen molar-refractivity contribution in [3.8, 4) is 0 Å². The molecule has 2 rings (SSSR count). The number of aryl methyl sites for hydroxylation is 1. The Morgan fingerprint density at radius 2 is 2.39 bits per heavy atom. The van der Waals surface area contributed by atoms with E-state index in [1.807, 2.05) is 6.92 Å². The quantitative estimate of drug-likeness (QED) is 0.650. The molecule has 0 saturated carbocycles. The SMILES string of the molecule is Cc1nc([N+](=O)[O-])c(NC(C)C2CCOC2)n1C. The Kier molecular flexibility index (Phi) is 3.51. The molecule has 1 aliphatic heterocycles. The zero-order valence-corrected chi connectivity index (χ0v) is 10.8. The minimum atomic E-state index is -0.451. The highest BCUT2D eigenvalue weighted by atomic mass is 16.6. The van der Waals surface area contributed by atoms with Gasteiger partial charge in [0.15, 0.2) is 0 Å². The first-order chi connectivity index (χ1) is 8.50. The van der Waals surface area contributed by atoms with Gasteiger partial charge in [0.1, 0.15) is 0 Å². The summed E-state index contributed by atoms with van der Waals surface area (Å²) in [6, 6.07) is 0.126. The number of anilines is 1. The molecular formula is C11H18N4O3. The minimum Gasteiger partial charge on any atom is -0.381 e. The predicted molar refractivity (Wildman–Crippen MR) is 66.6 cm³/mol. The first-order valence-corrected chi connectivity index (χ1v) is 6.02. The maximum atomic E-state index is 11.0. The van der Waals surface area contributed by atoms with Crippen LogP contribution in [0.1, 0.15) is 19.2 Å². The third-order valence-electron chi connectivity index (χ3n) is 3.51. The van der Waals surface area contributed by atoms with Gasteiger partial charge in [0.05, 0.1) is 6.61 Å². The first-order valence-electron chi connectivity index (χ1n) is 6.02. The number of hydrogen-bond donors (Lipinski definition) is 1. The predicted octanol–water partition coefficient (Wildman–Crippen LogP) is 1.47. The van der Waals surface area contributed by atoms with Crippen molar-refractivity contribution in [1.82, 2.24) is 9.55 Å². The molecule has 1 aliphatic rings. The van der Waals surface area contributed by atoms with Crippen molar-refractivity contribution in [3.05, 3.63) is 15.9 Å². The van der Waals surface area contributed by atoms with E-state index in [0.717, 1.165) is 13.0 Å². The highest BCUT2D eigenvalue weighted by molar-refractivity contribution is 5.54. The fraction of sp³-hybridized carbons (Fsp3) is 0.727. The summed E-state index contributed by atoms with van der Waals surface area (Å²) >= 11 is 0. The van der Waals surface area contributed by atoms with E-state index in [1.165, 1.54) is 0 Å². The third kappa shape index (κ3) is 2.31. The molecule has 0 aliphatic carbocycles. The van der Waals surface area contributed by atoms with Crippen LogP contribution in [0.3, 0.4) is 0 Å². The van der Waals surface area contributed by atoms with E-state index in [9.17, 15) is 10.1 Å². The first kappa shape index (κ1) is 12.8. The molecular weight excluding hydrogens is 236 g/mol. The van der Waals surface area contributed by atoms with Gasteiger partial charge >= 0.3 is 5.82 Å². The average molecular weight is 254 g/mol. The van der Waals surface area contributed by atoms with Crippen molar-refractivity contribution < 1.29 is 9.66 Å². The van der Waals surface area contributed by atoms with Crippen molar-refractivity contribution in [2.24, 2.45) is 13.0 Å². The molecule has 2 unspecified atom stereocenters. The van der Waals surface area contributed by atoms with Gasteiger partial charge in [0, 0.05) is 32.5 Å². The molecule has 1 aromatic heterocycles. The highest BCUT2D eigenvalue weighted by Gasteiger charge is 2.28. The number of rotatable bonds is 4. The number of ether oxygens (including phenoxy) is 1. The molecule has 7 nitrogen and oxygen atoms in total. The molecule has 2 atom stereocenters. The Morgan fingerprint density at radius 3 is 2.94 bits per heavy atom. The molecule has 2 heterocycles. The highest BCUT2D eigenvalue weighted by Crippen LogP contribution is 2.27. The van der Waals surface area contributed by atoms with Gasteiger partial charge in [-0.2, -0.15) is 0 Å². The molecule has 18 heavy (non-hydrogen) atoms. The second kappa shape index (κ2) is 4.93. The van der Waals surface area contributed by atoms with Crippen LogP contribution in [0.15, 0.2) is 0 Å². The molecule has 0 radical (unpaired) electrons. The van der Waals surface area contributed by atoms with Crippen LogP contribution < -0.4 is 5.32 Å². The van der Waals surface area contributed by atoms with Gasteiger partial charge in [-0.05, 0) is 23.3 Å². The molecule has 1 aromatic rings. The van der Waals surface area contributed by atoms with Crippen LogP contribution in [0.2, 0.25) is 0 Å². The maximum Gasteiger partial charge on any atom is 0.406 e. The summed E-state index contributed by atoms with van der Waals surface area (Å²) in [6.07, 6.45) is 0.985. The van der Waals surface area contributed by atoms with Crippen LogP contribution in [0, 0.1) is 23.0 Å². The normalized spacial score (nSPS) is 20.9. The van der Waals surface area contributed by atoms with E-state index >= 15 is 0 Å². The second-order valence-corrected chi connectivity index (χ2v) is 4.70. The lowest BCUT2D eigenvalue weighted by Crippen LogP contribution is -2.27. The van der Waals surface area contributed by atoms with Crippen molar-refractivity contribution in [3.63, 3.8) is 0 Å².